The van der Waals surface area contributed by atoms with Crippen molar-refractivity contribution in [2.24, 2.45) is 5.73 Å². The third-order valence-corrected chi connectivity index (χ3v) is 3.65. The van der Waals surface area contributed by atoms with E-state index in [0.717, 1.165) is 22.9 Å². The number of hydrogen-bond donors (Lipinski definition) is 2. The van der Waals surface area contributed by atoms with Crippen molar-refractivity contribution in [2.45, 2.75) is 18.3 Å². The molecular weight excluding hydrogens is 265 g/mol. The lowest BCUT2D eigenvalue weighted by molar-refractivity contribution is 0.458. The van der Waals surface area contributed by atoms with E-state index in [2.05, 4.69) is 15.9 Å². The van der Waals surface area contributed by atoms with Crippen LogP contribution >= 0.6 is 27.5 Å². The van der Waals surface area contributed by atoms with E-state index >= 15 is 0 Å². The number of nitrogens with two attached hydrogens (primary N) is 1. The fraction of sp³-hybridized carbons (Fsp3) is 0.400. The average molecular weight is 277 g/mol. The Labute approximate surface area is 96.2 Å². The summed E-state index contributed by atoms with van der Waals surface area (Å²) in [7, 11) is 0. The van der Waals surface area contributed by atoms with Gasteiger partial charge in [-0.2, -0.15) is 0 Å². The molecule has 2 nitrogen and oxygen atoms in total. The molecule has 1 aromatic rings. The first kappa shape index (κ1) is 10.3. The molecule has 0 unspecified atom stereocenters. The zero-order valence-electron chi connectivity index (χ0n) is 7.56. The predicted octanol–water partition coefficient (Wildman–Crippen LogP) is 2.80. The van der Waals surface area contributed by atoms with E-state index in [1.807, 2.05) is 0 Å². The molecule has 0 amide bonds. The highest BCUT2D eigenvalue weighted by molar-refractivity contribution is 9.10. The summed E-state index contributed by atoms with van der Waals surface area (Å²) in [4.78, 5) is 0. The zero-order chi connectivity index (χ0) is 10.3. The molecule has 0 atom stereocenters. The molecule has 0 radical (unpaired) electrons. The van der Waals surface area contributed by atoms with Crippen molar-refractivity contribution < 1.29 is 5.11 Å². The number of hydrogen-bond acceptors (Lipinski definition) is 2. The van der Waals surface area contributed by atoms with Crippen molar-refractivity contribution in [3.63, 3.8) is 0 Å². The maximum absolute atomic E-state index is 9.81. The standard InChI is InChI=1S/C10H11BrClNO/c11-7-3-6(12)4-8(14)9(7)10(5-13)1-2-10/h3-4,14H,1-2,5,13H2. The highest BCUT2D eigenvalue weighted by Gasteiger charge is 2.45. The fourth-order valence-electron chi connectivity index (χ4n) is 1.79. The average Bonchev–Trinajstić information content (AvgIpc) is 2.83. The van der Waals surface area contributed by atoms with Crippen molar-refractivity contribution in [3.05, 3.63) is 27.2 Å². The van der Waals surface area contributed by atoms with Crippen LogP contribution in [0.15, 0.2) is 16.6 Å². The normalized spacial score (nSPS) is 18.2. The molecule has 76 valence electrons. The first-order valence-corrected chi connectivity index (χ1v) is 5.65. The Kier molecular flexibility index (Phi) is 2.50. The van der Waals surface area contributed by atoms with Crippen LogP contribution in [0.2, 0.25) is 5.02 Å². The number of phenols is 1. The van der Waals surface area contributed by atoms with Crippen molar-refractivity contribution >= 4 is 27.5 Å². The van der Waals surface area contributed by atoms with Crippen LogP contribution in [0.5, 0.6) is 5.75 Å². The molecular formula is C10H11BrClNO. The topological polar surface area (TPSA) is 46.2 Å². The molecule has 1 aliphatic rings. The number of phenolic OH excluding ortho intramolecular Hbond substituents is 1. The number of halogens is 2. The SMILES string of the molecule is NCC1(c2c(O)cc(Cl)cc2Br)CC1. The van der Waals surface area contributed by atoms with E-state index in [1.54, 1.807) is 12.1 Å². The highest BCUT2D eigenvalue weighted by atomic mass is 79.9. The minimum Gasteiger partial charge on any atom is -0.508 e. The smallest absolute Gasteiger partial charge is 0.121 e. The first-order chi connectivity index (χ1) is 6.59. The molecule has 0 saturated heterocycles. The molecule has 0 spiro atoms. The Morgan fingerprint density at radius 3 is 2.57 bits per heavy atom. The summed E-state index contributed by atoms with van der Waals surface area (Å²) >= 11 is 9.23. The van der Waals surface area contributed by atoms with Gasteiger partial charge in [-0.15, -0.1) is 0 Å². The Balaban J connectivity index is 2.53. The van der Waals surface area contributed by atoms with E-state index in [4.69, 9.17) is 17.3 Å². The van der Waals surface area contributed by atoms with Crippen molar-refractivity contribution in [1.82, 2.24) is 0 Å². The second-order valence-corrected chi connectivity index (χ2v) is 5.06. The lowest BCUT2D eigenvalue weighted by atomic mass is 9.95. The largest absolute Gasteiger partial charge is 0.508 e. The predicted molar refractivity (Wildman–Crippen MR) is 60.8 cm³/mol. The summed E-state index contributed by atoms with van der Waals surface area (Å²) in [5, 5.41) is 10.3. The first-order valence-electron chi connectivity index (χ1n) is 4.48. The molecule has 0 aliphatic heterocycles. The van der Waals surface area contributed by atoms with Gasteiger partial charge in [0.2, 0.25) is 0 Å². The minimum atomic E-state index is -0.0203. The molecule has 0 aromatic heterocycles. The van der Waals surface area contributed by atoms with Gasteiger partial charge in [0.15, 0.2) is 0 Å². The van der Waals surface area contributed by atoms with Crippen molar-refractivity contribution in [2.75, 3.05) is 6.54 Å². The van der Waals surface area contributed by atoms with Gasteiger partial charge >= 0.3 is 0 Å². The van der Waals surface area contributed by atoms with Crippen LogP contribution in [0.3, 0.4) is 0 Å². The maximum atomic E-state index is 9.81. The van der Waals surface area contributed by atoms with Gasteiger partial charge < -0.3 is 10.8 Å². The van der Waals surface area contributed by atoms with Crippen LogP contribution in [0, 0.1) is 0 Å². The molecule has 1 aromatic carbocycles. The number of rotatable bonds is 2. The second-order valence-electron chi connectivity index (χ2n) is 3.77. The van der Waals surface area contributed by atoms with Gasteiger partial charge in [-0.05, 0) is 25.0 Å². The molecule has 4 heteroatoms. The Bertz CT molecular complexity index is 353. The van der Waals surface area contributed by atoms with E-state index in [9.17, 15) is 5.11 Å². The van der Waals surface area contributed by atoms with Crippen LogP contribution < -0.4 is 5.73 Å². The minimum absolute atomic E-state index is 0.0203. The molecule has 0 bridgehead atoms. The summed E-state index contributed by atoms with van der Waals surface area (Å²) < 4.78 is 0.852. The van der Waals surface area contributed by atoms with Crippen LogP contribution in [0.25, 0.3) is 0 Å². The van der Waals surface area contributed by atoms with Crippen LogP contribution in [-0.4, -0.2) is 11.7 Å². The van der Waals surface area contributed by atoms with Gasteiger partial charge in [0.1, 0.15) is 5.75 Å². The molecule has 3 N–H and O–H groups in total. The van der Waals surface area contributed by atoms with Gasteiger partial charge in [0, 0.05) is 27.0 Å². The molecule has 2 rings (SSSR count). The third-order valence-electron chi connectivity index (χ3n) is 2.81. The Morgan fingerprint density at radius 2 is 2.14 bits per heavy atom. The van der Waals surface area contributed by atoms with E-state index < -0.39 is 0 Å². The lowest BCUT2D eigenvalue weighted by Crippen LogP contribution is -2.20. The number of benzene rings is 1. The van der Waals surface area contributed by atoms with Crippen LogP contribution in [0.4, 0.5) is 0 Å². The summed E-state index contributed by atoms with van der Waals surface area (Å²) in [6, 6.07) is 3.36. The second kappa shape index (κ2) is 3.40. The maximum Gasteiger partial charge on any atom is 0.121 e. The summed E-state index contributed by atoms with van der Waals surface area (Å²) in [5.74, 6) is 0.243. The van der Waals surface area contributed by atoms with Gasteiger partial charge in [-0.1, -0.05) is 27.5 Å². The zero-order valence-corrected chi connectivity index (χ0v) is 9.90. The van der Waals surface area contributed by atoms with Gasteiger partial charge in [0.25, 0.3) is 0 Å². The monoisotopic (exact) mass is 275 g/mol. The van der Waals surface area contributed by atoms with Crippen molar-refractivity contribution in [1.29, 1.82) is 0 Å². The Hall–Kier alpha value is -0.250. The molecule has 1 saturated carbocycles. The Morgan fingerprint density at radius 1 is 1.50 bits per heavy atom. The quantitative estimate of drug-likeness (QED) is 0.872. The van der Waals surface area contributed by atoms with Gasteiger partial charge in [-0.3, -0.25) is 0 Å². The van der Waals surface area contributed by atoms with Crippen LogP contribution in [0.1, 0.15) is 18.4 Å². The fourth-order valence-corrected chi connectivity index (χ4v) is 3.01. The summed E-state index contributed by atoms with van der Waals surface area (Å²) in [5.41, 5.74) is 6.60. The molecule has 1 fully saturated rings. The third kappa shape index (κ3) is 1.53. The van der Waals surface area contributed by atoms with Crippen LogP contribution in [-0.2, 0) is 5.41 Å². The van der Waals surface area contributed by atoms with E-state index in [0.29, 0.717) is 11.6 Å². The van der Waals surface area contributed by atoms with Crippen molar-refractivity contribution in [3.8, 4) is 5.75 Å². The molecule has 1 aliphatic carbocycles. The lowest BCUT2D eigenvalue weighted by Gasteiger charge is -2.16. The number of aromatic hydroxyl groups is 1. The van der Waals surface area contributed by atoms with E-state index in [1.165, 1.54) is 0 Å². The van der Waals surface area contributed by atoms with Gasteiger partial charge in [0.05, 0.1) is 0 Å². The van der Waals surface area contributed by atoms with E-state index in [-0.39, 0.29) is 11.2 Å². The summed E-state index contributed by atoms with van der Waals surface area (Å²) in [6.45, 7) is 0.570. The molecule has 0 heterocycles. The summed E-state index contributed by atoms with van der Waals surface area (Å²) in [6.07, 6.45) is 2.08. The van der Waals surface area contributed by atoms with Gasteiger partial charge in [-0.25, -0.2) is 0 Å². The highest BCUT2D eigenvalue weighted by Crippen LogP contribution is 2.53. The molecule has 14 heavy (non-hydrogen) atoms.